The number of nitrogen functional groups attached to an aromatic ring is 1. The number of hydrogen-bond acceptors (Lipinski definition) is 2. The Morgan fingerprint density at radius 2 is 2.00 bits per heavy atom. The van der Waals surface area contributed by atoms with E-state index in [0.29, 0.717) is 10.7 Å². The molecule has 2 N–H and O–H groups in total. The summed E-state index contributed by atoms with van der Waals surface area (Å²) in [6.45, 7) is 4.19. The summed E-state index contributed by atoms with van der Waals surface area (Å²) < 4.78 is 5.71. The van der Waals surface area contributed by atoms with Gasteiger partial charge in [0.15, 0.2) is 0 Å². The van der Waals surface area contributed by atoms with Crippen LogP contribution in [-0.4, -0.2) is 6.10 Å². The predicted octanol–water partition coefficient (Wildman–Crippen LogP) is 3.49. The third kappa shape index (κ3) is 2.81. The fourth-order valence-corrected chi connectivity index (χ4v) is 1.48. The second-order valence-electron chi connectivity index (χ2n) is 3.25. The maximum atomic E-state index is 5.98. The average Bonchev–Trinajstić information content (AvgIpc) is 2.17. The van der Waals surface area contributed by atoms with Crippen molar-refractivity contribution in [2.75, 3.05) is 5.73 Å². The van der Waals surface area contributed by atoms with Crippen molar-refractivity contribution in [3.05, 3.63) is 23.2 Å². The van der Waals surface area contributed by atoms with E-state index in [1.807, 2.05) is 6.07 Å². The quantitative estimate of drug-likeness (QED) is 0.778. The molecule has 0 aliphatic rings. The van der Waals surface area contributed by atoms with Gasteiger partial charge in [-0.05, 0) is 31.0 Å². The first-order valence-corrected chi connectivity index (χ1v) is 5.26. The van der Waals surface area contributed by atoms with Gasteiger partial charge in [-0.1, -0.05) is 25.4 Å². The second kappa shape index (κ2) is 5.11. The van der Waals surface area contributed by atoms with Crippen LogP contribution in [0, 0.1) is 0 Å². The third-order valence-electron chi connectivity index (χ3n) is 2.16. The monoisotopic (exact) mass is 213 g/mol. The zero-order chi connectivity index (χ0) is 10.6. The highest BCUT2D eigenvalue weighted by atomic mass is 35.5. The first-order valence-electron chi connectivity index (χ1n) is 4.89. The topological polar surface area (TPSA) is 35.2 Å². The van der Waals surface area contributed by atoms with Gasteiger partial charge in [0, 0.05) is 5.69 Å². The molecule has 0 aliphatic heterocycles. The molecule has 0 saturated carbocycles. The van der Waals surface area contributed by atoms with E-state index in [1.165, 1.54) is 0 Å². The highest BCUT2D eigenvalue weighted by molar-refractivity contribution is 6.32. The molecule has 0 heterocycles. The number of ether oxygens (including phenoxy) is 1. The summed E-state index contributed by atoms with van der Waals surface area (Å²) in [7, 11) is 0. The van der Waals surface area contributed by atoms with Crippen LogP contribution in [0.2, 0.25) is 5.02 Å². The average molecular weight is 214 g/mol. The standard InChI is InChI=1S/C11H16ClNO/c1-3-9(4-2)14-11-6-5-8(13)7-10(11)12/h5-7,9H,3-4,13H2,1-2H3. The van der Waals surface area contributed by atoms with Gasteiger partial charge >= 0.3 is 0 Å². The van der Waals surface area contributed by atoms with E-state index >= 15 is 0 Å². The van der Waals surface area contributed by atoms with Crippen LogP contribution in [0.25, 0.3) is 0 Å². The number of halogens is 1. The molecule has 0 unspecified atom stereocenters. The Hall–Kier alpha value is -0.890. The van der Waals surface area contributed by atoms with Gasteiger partial charge in [0.2, 0.25) is 0 Å². The van der Waals surface area contributed by atoms with E-state index in [2.05, 4.69) is 13.8 Å². The van der Waals surface area contributed by atoms with Crippen LogP contribution in [0.3, 0.4) is 0 Å². The number of rotatable bonds is 4. The van der Waals surface area contributed by atoms with Gasteiger partial charge in [-0.3, -0.25) is 0 Å². The minimum atomic E-state index is 0.233. The second-order valence-corrected chi connectivity index (χ2v) is 3.65. The zero-order valence-electron chi connectivity index (χ0n) is 8.59. The fourth-order valence-electron chi connectivity index (χ4n) is 1.25. The molecular formula is C11H16ClNO. The van der Waals surface area contributed by atoms with Gasteiger partial charge in [0.25, 0.3) is 0 Å². The lowest BCUT2D eigenvalue weighted by Gasteiger charge is -2.16. The number of anilines is 1. The van der Waals surface area contributed by atoms with Gasteiger partial charge < -0.3 is 10.5 Å². The summed E-state index contributed by atoms with van der Waals surface area (Å²) in [5.74, 6) is 0.717. The lowest BCUT2D eigenvalue weighted by Crippen LogP contribution is -2.13. The van der Waals surface area contributed by atoms with Crippen molar-refractivity contribution in [1.29, 1.82) is 0 Å². The number of benzene rings is 1. The molecular weight excluding hydrogens is 198 g/mol. The highest BCUT2D eigenvalue weighted by Gasteiger charge is 2.08. The van der Waals surface area contributed by atoms with Crippen molar-refractivity contribution < 1.29 is 4.74 Å². The van der Waals surface area contributed by atoms with Crippen molar-refractivity contribution in [2.24, 2.45) is 0 Å². The summed E-state index contributed by atoms with van der Waals surface area (Å²) in [4.78, 5) is 0. The Balaban J connectivity index is 2.76. The van der Waals surface area contributed by atoms with Gasteiger partial charge in [-0.2, -0.15) is 0 Å². The lowest BCUT2D eigenvalue weighted by atomic mass is 10.2. The number of hydrogen-bond donors (Lipinski definition) is 1. The molecule has 0 saturated heterocycles. The Bertz CT molecular complexity index is 297. The summed E-state index contributed by atoms with van der Waals surface area (Å²) in [5.41, 5.74) is 6.24. The molecule has 1 rings (SSSR count). The lowest BCUT2D eigenvalue weighted by molar-refractivity contribution is 0.193. The molecule has 0 bridgehead atoms. The number of nitrogens with two attached hydrogens (primary N) is 1. The smallest absolute Gasteiger partial charge is 0.138 e. The zero-order valence-corrected chi connectivity index (χ0v) is 9.34. The summed E-state index contributed by atoms with van der Waals surface area (Å²) in [6, 6.07) is 5.32. The maximum Gasteiger partial charge on any atom is 0.138 e. The van der Waals surface area contributed by atoms with Crippen molar-refractivity contribution in [3.8, 4) is 5.75 Å². The molecule has 0 radical (unpaired) electrons. The van der Waals surface area contributed by atoms with E-state index in [1.54, 1.807) is 12.1 Å². The molecule has 0 amide bonds. The first-order chi connectivity index (χ1) is 6.67. The summed E-state index contributed by atoms with van der Waals surface area (Å²) in [5, 5.41) is 0.580. The largest absolute Gasteiger partial charge is 0.489 e. The third-order valence-corrected chi connectivity index (χ3v) is 2.46. The Kier molecular flexibility index (Phi) is 4.08. The molecule has 78 valence electrons. The molecule has 3 heteroatoms. The van der Waals surface area contributed by atoms with Crippen molar-refractivity contribution >= 4 is 17.3 Å². The minimum Gasteiger partial charge on any atom is -0.489 e. The molecule has 0 aromatic heterocycles. The van der Waals surface area contributed by atoms with Gasteiger partial charge in [0.05, 0.1) is 11.1 Å². The van der Waals surface area contributed by atoms with E-state index < -0.39 is 0 Å². The fraction of sp³-hybridized carbons (Fsp3) is 0.455. The van der Waals surface area contributed by atoms with E-state index in [-0.39, 0.29) is 6.10 Å². The SMILES string of the molecule is CCC(CC)Oc1ccc(N)cc1Cl. The Morgan fingerprint density at radius 3 is 2.50 bits per heavy atom. The molecule has 14 heavy (non-hydrogen) atoms. The van der Waals surface area contributed by atoms with E-state index in [0.717, 1.165) is 18.6 Å². The van der Waals surface area contributed by atoms with Crippen LogP contribution in [0.5, 0.6) is 5.75 Å². The van der Waals surface area contributed by atoms with Crippen molar-refractivity contribution in [3.63, 3.8) is 0 Å². The van der Waals surface area contributed by atoms with Gasteiger partial charge in [0.1, 0.15) is 5.75 Å². The summed E-state index contributed by atoms with van der Waals surface area (Å²) >= 11 is 5.98. The van der Waals surface area contributed by atoms with Crippen molar-refractivity contribution in [2.45, 2.75) is 32.8 Å². The highest BCUT2D eigenvalue weighted by Crippen LogP contribution is 2.28. The predicted molar refractivity (Wildman–Crippen MR) is 60.9 cm³/mol. The van der Waals surface area contributed by atoms with Crippen LogP contribution in [-0.2, 0) is 0 Å². The molecule has 0 aliphatic carbocycles. The minimum absolute atomic E-state index is 0.233. The van der Waals surface area contributed by atoms with Crippen LogP contribution < -0.4 is 10.5 Å². The van der Waals surface area contributed by atoms with Crippen LogP contribution in [0.15, 0.2) is 18.2 Å². The molecule has 0 atom stereocenters. The molecule has 1 aromatic rings. The molecule has 0 spiro atoms. The van der Waals surface area contributed by atoms with Crippen LogP contribution >= 0.6 is 11.6 Å². The first kappa shape index (κ1) is 11.2. The Labute approximate surface area is 90.0 Å². The maximum absolute atomic E-state index is 5.98. The van der Waals surface area contributed by atoms with Gasteiger partial charge in [-0.15, -0.1) is 0 Å². The molecule has 0 fully saturated rings. The molecule has 2 nitrogen and oxygen atoms in total. The Morgan fingerprint density at radius 1 is 1.36 bits per heavy atom. The van der Waals surface area contributed by atoms with Crippen LogP contribution in [0.4, 0.5) is 5.69 Å². The van der Waals surface area contributed by atoms with E-state index in [9.17, 15) is 0 Å². The van der Waals surface area contributed by atoms with Crippen LogP contribution in [0.1, 0.15) is 26.7 Å². The van der Waals surface area contributed by atoms with Gasteiger partial charge in [-0.25, -0.2) is 0 Å². The van der Waals surface area contributed by atoms with E-state index in [4.69, 9.17) is 22.1 Å². The summed E-state index contributed by atoms with van der Waals surface area (Å²) in [6.07, 6.45) is 2.20. The van der Waals surface area contributed by atoms with Crippen molar-refractivity contribution in [1.82, 2.24) is 0 Å². The molecule has 1 aromatic carbocycles. The normalized spacial score (nSPS) is 10.6.